The molecule has 0 aliphatic rings. The van der Waals surface area contributed by atoms with Crippen molar-refractivity contribution < 1.29 is 4.74 Å². The van der Waals surface area contributed by atoms with Crippen LogP contribution in [0.25, 0.3) is 0 Å². The first kappa shape index (κ1) is 16.5. The molecular formula is C15H25BrN2O. The number of rotatable bonds is 6. The van der Waals surface area contributed by atoms with Crippen LogP contribution in [-0.2, 0) is 0 Å². The van der Waals surface area contributed by atoms with E-state index in [0.717, 1.165) is 23.3 Å². The van der Waals surface area contributed by atoms with Gasteiger partial charge in [0, 0.05) is 24.7 Å². The van der Waals surface area contributed by atoms with Crippen LogP contribution in [0.3, 0.4) is 0 Å². The minimum atomic E-state index is 0.175. The maximum Gasteiger partial charge on any atom is 0.133 e. The lowest BCUT2D eigenvalue weighted by Crippen LogP contribution is -2.40. The fourth-order valence-corrected chi connectivity index (χ4v) is 2.35. The summed E-state index contributed by atoms with van der Waals surface area (Å²) in [5.74, 6) is 0.866. The van der Waals surface area contributed by atoms with Crippen molar-refractivity contribution in [2.75, 3.05) is 20.2 Å². The van der Waals surface area contributed by atoms with Gasteiger partial charge >= 0.3 is 0 Å². The summed E-state index contributed by atoms with van der Waals surface area (Å²) < 4.78 is 6.23. The molecule has 0 spiro atoms. The number of benzene rings is 1. The molecule has 0 amide bonds. The number of hydrogen-bond acceptors (Lipinski definition) is 3. The summed E-state index contributed by atoms with van der Waals surface area (Å²) in [4.78, 5) is 0. The van der Waals surface area contributed by atoms with E-state index in [1.807, 2.05) is 6.07 Å². The molecule has 108 valence electrons. The standard InChI is InChI=1S/C15H25BrN2O/c1-11(17-8-9-18-15(2,3)4)12-6-7-14(19-5)13(16)10-12/h6-7,10-11,17-18H,8-9H2,1-5H3. The molecule has 3 nitrogen and oxygen atoms in total. The lowest BCUT2D eigenvalue weighted by molar-refractivity contribution is 0.409. The van der Waals surface area contributed by atoms with Crippen LogP contribution in [0.1, 0.15) is 39.3 Å². The molecule has 1 rings (SSSR count). The molecule has 1 aromatic rings. The van der Waals surface area contributed by atoms with E-state index in [0.29, 0.717) is 6.04 Å². The van der Waals surface area contributed by atoms with Gasteiger partial charge in [-0.15, -0.1) is 0 Å². The molecule has 0 radical (unpaired) electrons. The van der Waals surface area contributed by atoms with E-state index in [1.165, 1.54) is 5.56 Å². The summed E-state index contributed by atoms with van der Waals surface area (Å²) in [6, 6.07) is 6.51. The minimum absolute atomic E-state index is 0.175. The van der Waals surface area contributed by atoms with E-state index < -0.39 is 0 Å². The van der Waals surface area contributed by atoms with Gasteiger partial charge in [-0.05, 0) is 61.3 Å². The molecule has 1 aromatic carbocycles. The van der Waals surface area contributed by atoms with Crippen molar-refractivity contribution in [2.45, 2.75) is 39.3 Å². The Hall–Kier alpha value is -0.580. The largest absolute Gasteiger partial charge is 0.496 e. The van der Waals surface area contributed by atoms with Gasteiger partial charge in [0.1, 0.15) is 5.75 Å². The highest BCUT2D eigenvalue weighted by atomic mass is 79.9. The predicted molar refractivity (Wildman–Crippen MR) is 84.9 cm³/mol. The van der Waals surface area contributed by atoms with E-state index in [9.17, 15) is 0 Å². The predicted octanol–water partition coefficient (Wildman–Crippen LogP) is 3.50. The number of halogens is 1. The highest BCUT2D eigenvalue weighted by molar-refractivity contribution is 9.10. The van der Waals surface area contributed by atoms with Crippen molar-refractivity contribution in [1.82, 2.24) is 10.6 Å². The van der Waals surface area contributed by atoms with Crippen molar-refractivity contribution in [2.24, 2.45) is 0 Å². The second kappa shape index (κ2) is 7.27. The molecule has 19 heavy (non-hydrogen) atoms. The van der Waals surface area contributed by atoms with Crippen LogP contribution in [0.2, 0.25) is 0 Å². The third-order valence-corrected chi connectivity index (χ3v) is 3.53. The molecular weight excluding hydrogens is 304 g/mol. The Bertz CT molecular complexity index is 402. The van der Waals surface area contributed by atoms with E-state index in [1.54, 1.807) is 7.11 Å². The number of methoxy groups -OCH3 is 1. The Kier molecular flexibility index (Phi) is 6.30. The van der Waals surface area contributed by atoms with Crippen LogP contribution in [0.4, 0.5) is 0 Å². The van der Waals surface area contributed by atoms with Gasteiger partial charge in [0.05, 0.1) is 11.6 Å². The van der Waals surface area contributed by atoms with Gasteiger partial charge in [0.15, 0.2) is 0 Å². The molecule has 0 saturated heterocycles. The number of hydrogen-bond donors (Lipinski definition) is 2. The average molecular weight is 329 g/mol. The van der Waals surface area contributed by atoms with E-state index in [4.69, 9.17) is 4.74 Å². The Balaban J connectivity index is 2.45. The number of nitrogens with one attached hydrogen (secondary N) is 2. The molecule has 0 fully saturated rings. The van der Waals surface area contributed by atoms with Crippen LogP contribution >= 0.6 is 15.9 Å². The van der Waals surface area contributed by atoms with Gasteiger partial charge in [-0.25, -0.2) is 0 Å². The summed E-state index contributed by atoms with van der Waals surface area (Å²) >= 11 is 3.52. The summed E-state index contributed by atoms with van der Waals surface area (Å²) in [7, 11) is 1.68. The second-order valence-electron chi connectivity index (χ2n) is 5.75. The van der Waals surface area contributed by atoms with E-state index in [2.05, 4.69) is 66.4 Å². The molecule has 1 atom stereocenters. The molecule has 0 aliphatic carbocycles. The molecule has 0 heterocycles. The van der Waals surface area contributed by atoms with Crippen molar-refractivity contribution in [1.29, 1.82) is 0 Å². The first-order valence-corrected chi connectivity index (χ1v) is 7.44. The summed E-state index contributed by atoms with van der Waals surface area (Å²) in [6.07, 6.45) is 0. The van der Waals surface area contributed by atoms with Crippen molar-refractivity contribution >= 4 is 15.9 Å². The monoisotopic (exact) mass is 328 g/mol. The third-order valence-electron chi connectivity index (χ3n) is 2.91. The fraction of sp³-hybridized carbons (Fsp3) is 0.600. The molecule has 0 saturated carbocycles. The van der Waals surface area contributed by atoms with Crippen LogP contribution in [0, 0.1) is 0 Å². The zero-order chi connectivity index (χ0) is 14.5. The topological polar surface area (TPSA) is 33.3 Å². The molecule has 1 unspecified atom stereocenters. The fourth-order valence-electron chi connectivity index (χ4n) is 1.80. The maximum atomic E-state index is 5.24. The smallest absolute Gasteiger partial charge is 0.133 e. The van der Waals surface area contributed by atoms with Crippen LogP contribution in [0.5, 0.6) is 5.75 Å². The third kappa shape index (κ3) is 5.93. The Morgan fingerprint density at radius 1 is 1.26 bits per heavy atom. The quantitative estimate of drug-likeness (QED) is 0.784. The summed E-state index contributed by atoms with van der Waals surface area (Å²) in [5, 5.41) is 6.98. The van der Waals surface area contributed by atoms with Crippen molar-refractivity contribution in [3.05, 3.63) is 28.2 Å². The highest BCUT2D eigenvalue weighted by Crippen LogP contribution is 2.27. The molecule has 2 N–H and O–H groups in total. The van der Waals surface area contributed by atoms with Gasteiger partial charge in [0.2, 0.25) is 0 Å². The van der Waals surface area contributed by atoms with Crippen LogP contribution in [-0.4, -0.2) is 25.7 Å². The van der Waals surface area contributed by atoms with E-state index in [-0.39, 0.29) is 5.54 Å². The van der Waals surface area contributed by atoms with Crippen molar-refractivity contribution in [3.63, 3.8) is 0 Å². The van der Waals surface area contributed by atoms with Crippen LogP contribution < -0.4 is 15.4 Å². The average Bonchev–Trinajstić information content (AvgIpc) is 2.33. The molecule has 0 aliphatic heterocycles. The maximum absolute atomic E-state index is 5.24. The van der Waals surface area contributed by atoms with Gasteiger partial charge < -0.3 is 15.4 Å². The van der Waals surface area contributed by atoms with Crippen LogP contribution in [0.15, 0.2) is 22.7 Å². The van der Waals surface area contributed by atoms with Gasteiger partial charge in [-0.3, -0.25) is 0 Å². The Labute approximate surface area is 125 Å². The summed E-state index contributed by atoms with van der Waals surface area (Å²) in [5.41, 5.74) is 1.43. The number of ether oxygens (including phenoxy) is 1. The SMILES string of the molecule is COc1ccc(C(C)NCCNC(C)(C)C)cc1Br. The first-order chi connectivity index (χ1) is 8.83. The Morgan fingerprint density at radius 3 is 2.47 bits per heavy atom. The zero-order valence-corrected chi connectivity index (χ0v) is 14.1. The lowest BCUT2D eigenvalue weighted by atomic mass is 10.1. The minimum Gasteiger partial charge on any atom is -0.496 e. The van der Waals surface area contributed by atoms with Gasteiger partial charge in [-0.2, -0.15) is 0 Å². The van der Waals surface area contributed by atoms with E-state index >= 15 is 0 Å². The zero-order valence-electron chi connectivity index (χ0n) is 12.5. The van der Waals surface area contributed by atoms with Gasteiger partial charge in [0.25, 0.3) is 0 Å². The molecule has 0 bridgehead atoms. The normalized spacial score (nSPS) is 13.4. The Morgan fingerprint density at radius 2 is 1.95 bits per heavy atom. The highest BCUT2D eigenvalue weighted by Gasteiger charge is 2.10. The summed E-state index contributed by atoms with van der Waals surface area (Å²) in [6.45, 7) is 10.6. The molecule has 0 aromatic heterocycles. The lowest BCUT2D eigenvalue weighted by Gasteiger charge is -2.22. The first-order valence-electron chi connectivity index (χ1n) is 6.65. The second-order valence-corrected chi connectivity index (χ2v) is 6.60. The van der Waals surface area contributed by atoms with Gasteiger partial charge in [-0.1, -0.05) is 6.07 Å². The van der Waals surface area contributed by atoms with Crippen molar-refractivity contribution in [3.8, 4) is 5.75 Å². The molecule has 4 heteroatoms.